The Hall–Kier alpha value is -3.23. The van der Waals surface area contributed by atoms with E-state index in [2.05, 4.69) is 27.0 Å². The molecule has 8 heteroatoms. The van der Waals surface area contributed by atoms with E-state index in [1.807, 2.05) is 30.6 Å². The molecule has 0 aliphatic heterocycles. The van der Waals surface area contributed by atoms with Crippen molar-refractivity contribution in [3.63, 3.8) is 0 Å². The number of aliphatic hydroxyl groups is 1. The van der Waals surface area contributed by atoms with E-state index in [-0.39, 0.29) is 12.1 Å². The molecule has 0 amide bonds. The first kappa shape index (κ1) is 20.7. The maximum Gasteiger partial charge on any atom is 0.328 e. The summed E-state index contributed by atoms with van der Waals surface area (Å²) < 4.78 is 3.19. The first-order chi connectivity index (χ1) is 15.5. The van der Waals surface area contributed by atoms with Crippen LogP contribution in [0.5, 0.6) is 0 Å². The molecule has 2 unspecified atom stereocenters. The predicted molar refractivity (Wildman–Crippen MR) is 127 cm³/mol. The van der Waals surface area contributed by atoms with E-state index in [1.54, 1.807) is 17.4 Å². The number of carbonyl (C=O) groups is 1. The quantitative estimate of drug-likeness (QED) is 0.375. The third-order valence-corrected chi connectivity index (χ3v) is 6.86. The van der Waals surface area contributed by atoms with Gasteiger partial charge in [-0.2, -0.15) is 0 Å². The molecule has 0 radical (unpaired) electrons. The number of nitrogens with one attached hydrogen (secondary N) is 1. The van der Waals surface area contributed by atoms with Gasteiger partial charge in [-0.25, -0.2) is 14.8 Å². The zero-order valence-electron chi connectivity index (χ0n) is 17.4. The lowest BCUT2D eigenvalue weighted by molar-refractivity contribution is -0.131. The number of imidazole rings is 1. The fourth-order valence-electron chi connectivity index (χ4n) is 4.24. The molecule has 2 aromatic carbocycles. The van der Waals surface area contributed by atoms with E-state index in [0.717, 1.165) is 69.3 Å². The summed E-state index contributed by atoms with van der Waals surface area (Å²) in [6.45, 7) is 0.679. The van der Waals surface area contributed by atoms with Gasteiger partial charge in [0.05, 0.1) is 39.7 Å². The van der Waals surface area contributed by atoms with Crippen LogP contribution in [-0.2, 0) is 11.3 Å². The van der Waals surface area contributed by atoms with Crippen LogP contribution in [0.2, 0.25) is 0 Å². The average Bonchev–Trinajstić information content (AvgIpc) is 3.37. The van der Waals surface area contributed by atoms with Crippen molar-refractivity contribution in [3.05, 3.63) is 59.9 Å². The van der Waals surface area contributed by atoms with Gasteiger partial charge in [0.25, 0.3) is 0 Å². The van der Waals surface area contributed by atoms with Crippen molar-refractivity contribution >= 4 is 49.8 Å². The smallest absolute Gasteiger partial charge is 0.328 e. The molecule has 1 saturated carbocycles. The highest BCUT2D eigenvalue weighted by Crippen LogP contribution is 2.30. The van der Waals surface area contributed by atoms with Gasteiger partial charge in [0.15, 0.2) is 5.13 Å². The van der Waals surface area contributed by atoms with E-state index in [9.17, 15) is 9.90 Å². The van der Waals surface area contributed by atoms with Gasteiger partial charge in [-0.3, -0.25) is 0 Å². The van der Waals surface area contributed by atoms with Gasteiger partial charge in [0.1, 0.15) is 0 Å². The molecule has 2 aromatic heterocycles. The Labute approximate surface area is 189 Å². The first-order valence-corrected chi connectivity index (χ1v) is 11.6. The Balaban J connectivity index is 1.34. The molecule has 1 aliphatic rings. The number of nitrogens with zero attached hydrogens (tertiary/aromatic N) is 3. The maximum absolute atomic E-state index is 10.7. The van der Waals surface area contributed by atoms with E-state index >= 15 is 0 Å². The molecular formula is C24H24N4O3S. The van der Waals surface area contributed by atoms with Crippen molar-refractivity contribution in [3.8, 4) is 0 Å². The van der Waals surface area contributed by atoms with Gasteiger partial charge in [-0.05, 0) is 54.3 Å². The monoisotopic (exact) mass is 448 g/mol. The van der Waals surface area contributed by atoms with Crippen LogP contribution >= 0.6 is 11.3 Å². The topological polar surface area (TPSA) is 100 Å². The second kappa shape index (κ2) is 8.72. The number of carboxylic acids is 1. The zero-order valence-corrected chi connectivity index (χ0v) is 18.3. The number of aromatic nitrogens is 3. The summed E-state index contributed by atoms with van der Waals surface area (Å²) in [5, 5.41) is 23.3. The molecule has 164 valence electrons. The fraction of sp³-hybridized carbons (Fsp3) is 0.292. The Morgan fingerprint density at radius 3 is 2.91 bits per heavy atom. The summed E-state index contributed by atoms with van der Waals surface area (Å²) in [5.41, 5.74) is 4.74. The number of thiazole rings is 1. The second-order valence-corrected chi connectivity index (χ2v) is 9.25. The molecule has 32 heavy (non-hydrogen) atoms. The molecule has 5 rings (SSSR count). The molecule has 2 atom stereocenters. The van der Waals surface area contributed by atoms with Gasteiger partial charge in [0.2, 0.25) is 0 Å². The summed E-state index contributed by atoms with van der Waals surface area (Å²) >= 11 is 1.62. The summed E-state index contributed by atoms with van der Waals surface area (Å²) in [6, 6.07) is 12.1. The highest BCUT2D eigenvalue weighted by Gasteiger charge is 2.23. The molecule has 1 aliphatic carbocycles. The first-order valence-electron chi connectivity index (χ1n) is 10.8. The number of aliphatic carboxylic acids is 1. The van der Waals surface area contributed by atoms with Crippen LogP contribution in [0, 0.1) is 0 Å². The van der Waals surface area contributed by atoms with Crippen LogP contribution in [0.25, 0.3) is 27.3 Å². The Kier molecular flexibility index (Phi) is 5.63. The second-order valence-electron chi connectivity index (χ2n) is 8.22. The summed E-state index contributed by atoms with van der Waals surface area (Å²) in [7, 11) is 0. The van der Waals surface area contributed by atoms with Gasteiger partial charge in [-0.15, -0.1) is 0 Å². The maximum atomic E-state index is 10.7. The highest BCUT2D eigenvalue weighted by molar-refractivity contribution is 7.22. The SMILES string of the molecule is O=C(O)/C=C/c1ccc2c(c1)ncn2Cc1ccc2nc(NC3CCCCC3O)sc2c1. The number of anilines is 1. The number of aliphatic hydroxyl groups excluding tert-OH is 1. The molecule has 2 heterocycles. The summed E-state index contributed by atoms with van der Waals surface area (Å²) in [5.74, 6) is -0.970. The van der Waals surface area contributed by atoms with E-state index in [1.165, 1.54) is 0 Å². The van der Waals surface area contributed by atoms with Crippen molar-refractivity contribution in [2.45, 2.75) is 44.4 Å². The number of rotatable bonds is 6. The van der Waals surface area contributed by atoms with Crippen LogP contribution in [-0.4, -0.2) is 42.9 Å². The van der Waals surface area contributed by atoms with Gasteiger partial charge in [-0.1, -0.05) is 36.3 Å². The number of benzene rings is 2. The molecular weight excluding hydrogens is 424 g/mol. The number of fused-ring (bicyclic) bond motifs is 2. The lowest BCUT2D eigenvalue weighted by Crippen LogP contribution is -2.36. The largest absolute Gasteiger partial charge is 0.478 e. The Morgan fingerprint density at radius 2 is 2.06 bits per heavy atom. The van der Waals surface area contributed by atoms with Crippen LogP contribution in [0.4, 0.5) is 5.13 Å². The summed E-state index contributed by atoms with van der Waals surface area (Å²) in [4.78, 5) is 19.9. The van der Waals surface area contributed by atoms with Crippen LogP contribution in [0.3, 0.4) is 0 Å². The molecule has 0 spiro atoms. The van der Waals surface area contributed by atoms with Crippen molar-refractivity contribution in [1.82, 2.24) is 14.5 Å². The van der Waals surface area contributed by atoms with Gasteiger partial charge in [0, 0.05) is 12.6 Å². The van der Waals surface area contributed by atoms with E-state index in [0.29, 0.717) is 6.54 Å². The standard InChI is InChI=1S/C24H24N4O3S/c29-21-4-2-1-3-17(21)26-24-27-18-8-5-16(12-22(18)32-24)13-28-14-25-19-11-15(6-9-20(19)28)7-10-23(30)31/h5-12,14,17,21,29H,1-4,13H2,(H,26,27)(H,30,31)/b10-7+. The molecule has 7 nitrogen and oxygen atoms in total. The Bertz CT molecular complexity index is 1310. The molecule has 0 saturated heterocycles. The molecule has 0 bridgehead atoms. The minimum Gasteiger partial charge on any atom is -0.478 e. The van der Waals surface area contributed by atoms with Crippen molar-refractivity contribution in [1.29, 1.82) is 0 Å². The van der Waals surface area contributed by atoms with Crippen LogP contribution < -0.4 is 5.32 Å². The van der Waals surface area contributed by atoms with Gasteiger partial charge < -0.3 is 20.1 Å². The number of carboxylic acid groups (broad SMARTS) is 1. The third-order valence-electron chi connectivity index (χ3n) is 5.91. The third kappa shape index (κ3) is 4.37. The van der Waals surface area contributed by atoms with Gasteiger partial charge >= 0.3 is 5.97 Å². The number of hydrogen-bond donors (Lipinski definition) is 3. The highest BCUT2D eigenvalue weighted by atomic mass is 32.1. The molecule has 3 N–H and O–H groups in total. The molecule has 4 aromatic rings. The average molecular weight is 449 g/mol. The predicted octanol–water partition coefficient (Wildman–Crippen LogP) is 4.51. The lowest BCUT2D eigenvalue weighted by Gasteiger charge is -2.27. The fourth-order valence-corrected chi connectivity index (χ4v) is 5.23. The van der Waals surface area contributed by atoms with Crippen LogP contribution in [0.15, 0.2) is 48.8 Å². The van der Waals surface area contributed by atoms with Crippen LogP contribution in [0.1, 0.15) is 36.8 Å². The van der Waals surface area contributed by atoms with Crippen molar-refractivity contribution < 1.29 is 15.0 Å². The van der Waals surface area contributed by atoms with E-state index in [4.69, 9.17) is 10.1 Å². The Morgan fingerprint density at radius 1 is 1.19 bits per heavy atom. The summed E-state index contributed by atoms with van der Waals surface area (Å²) in [6.07, 6.45) is 8.25. The van der Waals surface area contributed by atoms with Crippen molar-refractivity contribution in [2.75, 3.05) is 5.32 Å². The van der Waals surface area contributed by atoms with Crippen molar-refractivity contribution in [2.24, 2.45) is 0 Å². The zero-order chi connectivity index (χ0) is 22.1. The van der Waals surface area contributed by atoms with E-state index < -0.39 is 5.97 Å². The number of hydrogen-bond acceptors (Lipinski definition) is 6. The molecule has 1 fully saturated rings. The minimum absolute atomic E-state index is 0.0799. The normalized spacial score (nSPS) is 19.2. The lowest BCUT2D eigenvalue weighted by atomic mass is 9.93. The minimum atomic E-state index is -0.970.